The molecule has 5 heteroatoms. The molecule has 0 heterocycles. The molecule has 4 nitrogen and oxygen atoms in total. The zero-order chi connectivity index (χ0) is 14.5. The Morgan fingerprint density at radius 1 is 1.30 bits per heavy atom. The van der Waals surface area contributed by atoms with Crippen molar-refractivity contribution in [3.05, 3.63) is 58.6 Å². The first-order chi connectivity index (χ1) is 9.60. The van der Waals surface area contributed by atoms with Crippen molar-refractivity contribution < 1.29 is 14.6 Å². The number of nitrogens with one attached hydrogen (secondary N) is 1. The Kier molecular flexibility index (Phi) is 4.48. The number of aromatic hydroxyl groups is 1. The molecule has 0 spiro atoms. The normalized spacial score (nSPS) is 10.1. The summed E-state index contributed by atoms with van der Waals surface area (Å²) in [5.41, 5.74) is 1.10. The van der Waals surface area contributed by atoms with E-state index in [-0.39, 0.29) is 17.2 Å². The molecule has 0 aliphatic rings. The Morgan fingerprint density at radius 2 is 2.10 bits per heavy atom. The Morgan fingerprint density at radius 3 is 2.80 bits per heavy atom. The molecule has 2 rings (SSSR count). The van der Waals surface area contributed by atoms with Crippen LogP contribution >= 0.6 is 11.6 Å². The van der Waals surface area contributed by atoms with E-state index in [0.29, 0.717) is 11.6 Å². The number of ether oxygens (including phenoxy) is 1. The standard InChI is InChI=1S/C15H14ClNO3/c1-20-12-4-2-3-10(7-12)9-17-15(19)13-6-5-11(16)8-14(13)18/h2-8,18H,9H2,1H3,(H,17,19). The maximum atomic E-state index is 12.0. The fourth-order valence-corrected chi connectivity index (χ4v) is 1.92. The lowest BCUT2D eigenvalue weighted by Crippen LogP contribution is -2.22. The van der Waals surface area contributed by atoms with Gasteiger partial charge in [-0.2, -0.15) is 0 Å². The lowest BCUT2D eigenvalue weighted by atomic mass is 10.1. The zero-order valence-electron chi connectivity index (χ0n) is 10.9. The zero-order valence-corrected chi connectivity index (χ0v) is 11.6. The van der Waals surface area contributed by atoms with Crippen LogP contribution in [0.5, 0.6) is 11.5 Å². The first-order valence-electron chi connectivity index (χ1n) is 6.00. The summed E-state index contributed by atoms with van der Waals surface area (Å²) >= 11 is 5.72. The first kappa shape index (κ1) is 14.2. The summed E-state index contributed by atoms with van der Waals surface area (Å²) < 4.78 is 5.11. The molecule has 0 saturated carbocycles. The molecule has 0 saturated heterocycles. The van der Waals surface area contributed by atoms with Gasteiger partial charge in [0.2, 0.25) is 0 Å². The molecule has 20 heavy (non-hydrogen) atoms. The molecule has 0 fully saturated rings. The third-order valence-corrected chi connectivity index (χ3v) is 3.03. The van der Waals surface area contributed by atoms with Gasteiger partial charge in [0.05, 0.1) is 12.7 Å². The molecule has 2 N–H and O–H groups in total. The fraction of sp³-hybridized carbons (Fsp3) is 0.133. The van der Waals surface area contributed by atoms with Gasteiger partial charge in [0.15, 0.2) is 0 Å². The second-order valence-electron chi connectivity index (χ2n) is 4.20. The maximum absolute atomic E-state index is 12.0. The quantitative estimate of drug-likeness (QED) is 0.910. The largest absolute Gasteiger partial charge is 0.507 e. The summed E-state index contributed by atoms with van der Waals surface area (Å²) in [6.07, 6.45) is 0. The second kappa shape index (κ2) is 6.30. The van der Waals surface area contributed by atoms with Gasteiger partial charge in [-0.1, -0.05) is 23.7 Å². The number of rotatable bonds is 4. The van der Waals surface area contributed by atoms with Crippen LogP contribution in [0.25, 0.3) is 0 Å². The molecule has 0 radical (unpaired) electrons. The van der Waals surface area contributed by atoms with Crippen molar-refractivity contribution in [3.8, 4) is 11.5 Å². The van der Waals surface area contributed by atoms with E-state index in [4.69, 9.17) is 16.3 Å². The van der Waals surface area contributed by atoms with Crippen molar-refractivity contribution in [3.63, 3.8) is 0 Å². The van der Waals surface area contributed by atoms with Gasteiger partial charge in [-0.15, -0.1) is 0 Å². The number of phenolic OH excluding ortho intramolecular Hbond substituents is 1. The summed E-state index contributed by atoms with van der Waals surface area (Å²) in [6, 6.07) is 11.8. The van der Waals surface area contributed by atoms with Gasteiger partial charge in [-0.05, 0) is 35.9 Å². The average Bonchev–Trinajstić information content (AvgIpc) is 2.45. The van der Waals surface area contributed by atoms with E-state index in [1.807, 2.05) is 24.3 Å². The van der Waals surface area contributed by atoms with E-state index in [1.165, 1.54) is 12.1 Å². The van der Waals surface area contributed by atoms with Crippen molar-refractivity contribution in [1.82, 2.24) is 5.32 Å². The van der Waals surface area contributed by atoms with Gasteiger partial charge in [-0.3, -0.25) is 4.79 Å². The number of halogens is 1. The van der Waals surface area contributed by atoms with Crippen LogP contribution in [0.3, 0.4) is 0 Å². The van der Waals surface area contributed by atoms with E-state index in [2.05, 4.69) is 5.32 Å². The van der Waals surface area contributed by atoms with Crippen molar-refractivity contribution in [1.29, 1.82) is 0 Å². The van der Waals surface area contributed by atoms with Gasteiger partial charge < -0.3 is 15.2 Å². The number of carbonyl (C=O) groups excluding carboxylic acids is 1. The molecule has 0 bridgehead atoms. The van der Waals surface area contributed by atoms with E-state index in [9.17, 15) is 9.90 Å². The topological polar surface area (TPSA) is 58.6 Å². The number of hydrogen-bond donors (Lipinski definition) is 2. The minimum Gasteiger partial charge on any atom is -0.507 e. The molecule has 2 aromatic carbocycles. The van der Waals surface area contributed by atoms with Crippen molar-refractivity contribution in [2.45, 2.75) is 6.54 Å². The van der Waals surface area contributed by atoms with E-state index in [1.54, 1.807) is 13.2 Å². The number of amides is 1. The molecule has 2 aromatic rings. The Hall–Kier alpha value is -2.20. The smallest absolute Gasteiger partial charge is 0.255 e. The summed E-state index contributed by atoms with van der Waals surface area (Å²) in [4.78, 5) is 12.0. The molecule has 0 unspecified atom stereocenters. The average molecular weight is 292 g/mol. The summed E-state index contributed by atoms with van der Waals surface area (Å²) in [6.45, 7) is 0.345. The van der Waals surface area contributed by atoms with Crippen molar-refractivity contribution >= 4 is 17.5 Å². The number of benzene rings is 2. The highest BCUT2D eigenvalue weighted by Gasteiger charge is 2.11. The number of methoxy groups -OCH3 is 1. The van der Waals surface area contributed by atoms with Gasteiger partial charge in [-0.25, -0.2) is 0 Å². The van der Waals surface area contributed by atoms with Gasteiger partial charge in [0, 0.05) is 11.6 Å². The number of phenols is 1. The predicted molar refractivity (Wildman–Crippen MR) is 77.3 cm³/mol. The minimum atomic E-state index is -0.359. The van der Waals surface area contributed by atoms with Crippen LogP contribution in [0, 0.1) is 0 Å². The van der Waals surface area contributed by atoms with E-state index < -0.39 is 0 Å². The molecule has 0 atom stereocenters. The predicted octanol–water partition coefficient (Wildman–Crippen LogP) is 2.98. The highest BCUT2D eigenvalue weighted by Crippen LogP contribution is 2.21. The second-order valence-corrected chi connectivity index (χ2v) is 4.63. The number of carbonyl (C=O) groups is 1. The van der Waals surface area contributed by atoms with Crippen LogP contribution in [0.2, 0.25) is 5.02 Å². The molecular weight excluding hydrogens is 278 g/mol. The SMILES string of the molecule is COc1cccc(CNC(=O)c2ccc(Cl)cc2O)c1. The molecule has 0 aliphatic heterocycles. The van der Waals surface area contributed by atoms with E-state index >= 15 is 0 Å². The molecule has 1 amide bonds. The molecule has 0 aromatic heterocycles. The fourth-order valence-electron chi connectivity index (χ4n) is 1.76. The summed E-state index contributed by atoms with van der Waals surface area (Å²) in [7, 11) is 1.59. The van der Waals surface area contributed by atoms with Gasteiger partial charge in [0.25, 0.3) is 5.91 Å². The van der Waals surface area contributed by atoms with Crippen molar-refractivity contribution in [2.75, 3.05) is 7.11 Å². The van der Waals surface area contributed by atoms with Crippen LogP contribution < -0.4 is 10.1 Å². The lowest BCUT2D eigenvalue weighted by molar-refractivity contribution is 0.0948. The molecule has 0 aliphatic carbocycles. The first-order valence-corrected chi connectivity index (χ1v) is 6.37. The third kappa shape index (κ3) is 3.42. The summed E-state index contributed by atoms with van der Waals surface area (Å²) in [5, 5.41) is 12.8. The molecule has 104 valence electrons. The summed E-state index contributed by atoms with van der Waals surface area (Å²) in [5.74, 6) is 0.230. The number of hydrogen-bond acceptors (Lipinski definition) is 3. The van der Waals surface area contributed by atoms with Crippen LogP contribution in [-0.4, -0.2) is 18.1 Å². The van der Waals surface area contributed by atoms with Gasteiger partial charge >= 0.3 is 0 Å². The van der Waals surface area contributed by atoms with Crippen LogP contribution in [-0.2, 0) is 6.54 Å². The van der Waals surface area contributed by atoms with Crippen LogP contribution in [0.1, 0.15) is 15.9 Å². The molecular formula is C15H14ClNO3. The Balaban J connectivity index is 2.04. The minimum absolute atomic E-state index is 0.138. The maximum Gasteiger partial charge on any atom is 0.255 e. The Bertz CT molecular complexity index is 628. The highest BCUT2D eigenvalue weighted by atomic mass is 35.5. The van der Waals surface area contributed by atoms with Crippen LogP contribution in [0.15, 0.2) is 42.5 Å². The van der Waals surface area contributed by atoms with Crippen LogP contribution in [0.4, 0.5) is 0 Å². The Labute approximate surface area is 122 Å². The third-order valence-electron chi connectivity index (χ3n) is 2.79. The van der Waals surface area contributed by atoms with Crippen molar-refractivity contribution in [2.24, 2.45) is 0 Å². The van der Waals surface area contributed by atoms with Gasteiger partial charge in [0.1, 0.15) is 11.5 Å². The monoisotopic (exact) mass is 291 g/mol. The highest BCUT2D eigenvalue weighted by molar-refractivity contribution is 6.30. The van der Waals surface area contributed by atoms with E-state index in [0.717, 1.165) is 11.3 Å². The lowest BCUT2D eigenvalue weighted by Gasteiger charge is -2.08.